The Morgan fingerprint density at radius 2 is 1.79 bits per heavy atom. The predicted molar refractivity (Wildman–Crippen MR) is 107 cm³/mol. The number of amides is 2. The number of hydrogen-bond donors (Lipinski definition) is 1. The molecule has 1 aliphatic rings. The second kappa shape index (κ2) is 8.49. The van der Waals surface area contributed by atoms with Crippen LogP contribution in [-0.2, 0) is 21.3 Å². The van der Waals surface area contributed by atoms with E-state index in [0.717, 1.165) is 29.1 Å². The van der Waals surface area contributed by atoms with Crippen molar-refractivity contribution in [2.75, 3.05) is 12.9 Å². The monoisotopic (exact) mass is 419 g/mol. The molecular weight excluding hydrogens is 402 g/mol. The summed E-state index contributed by atoms with van der Waals surface area (Å²) in [5, 5.41) is 1.83. The Balaban J connectivity index is 1.58. The third kappa shape index (κ3) is 5.61. The summed E-state index contributed by atoms with van der Waals surface area (Å²) in [5.41, 5.74) is 1.50. The summed E-state index contributed by atoms with van der Waals surface area (Å²) >= 11 is 0.865. The Morgan fingerprint density at radius 1 is 1.07 bits per heavy atom. The number of carbonyl (C=O) groups is 2. The molecule has 0 atom stereocenters. The molecule has 0 aliphatic carbocycles. The highest BCUT2D eigenvalue weighted by atomic mass is 32.2. The minimum absolute atomic E-state index is 0.289. The molecule has 28 heavy (non-hydrogen) atoms. The quantitative estimate of drug-likeness (QED) is 0.544. The van der Waals surface area contributed by atoms with Crippen molar-refractivity contribution in [2.45, 2.75) is 6.42 Å². The maximum absolute atomic E-state index is 11.6. The van der Waals surface area contributed by atoms with Crippen LogP contribution in [0.2, 0.25) is 0 Å². The topological polar surface area (TPSA) is 98.8 Å². The fraction of sp³-hybridized carbons (Fsp3) is 0.158. The lowest BCUT2D eigenvalue weighted by atomic mass is 10.1. The van der Waals surface area contributed by atoms with Crippen molar-refractivity contribution in [1.82, 2.24) is 5.32 Å². The first-order valence-corrected chi connectivity index (χ1v) is 10.9. The van der Waals surface area contributed by atoms with E-state index in [1.165, 1.54) is 0 Å². The average molecular weight is 419 g/mol. The van der Waals surface area contributed by atoms with Crippen molar-refractivity contribution < 1.29 is 26.9 Å². The maximum atomic E-state index is 11.6. The van der Waals surface area contributed by atoms with Crippen LogP contribution < -0.4 is 14.2 Å². The third-order valence-corrected chi connectivity index (χ3v) is 4.97. The van der Waals surface area contributed by atoms with Gasteiger partial charge in [-0.2, -0.15) is 8.42 Å². The van der Waals surface area contributed by atoms with Crippen LogP contribution in [0.15, 0.2) is 53.4 Å². The lowest BCUT2D eigenvalue weighted by Crippen LogP contribution is -2.17. The van der Waals surface area contributed by atoms with Gasteiger partial charge in [0.1, 0.15) is 11.5 Å². The van der Waals surface area contributed by atoms with Gasteiger partial charge in [0.05, 0.1) is 17.8 Å². The smallest absolute Gasteiger partial charge is 0.306 e. The van der Waals surface area contributed by atoms with Gasteiger partial charge < -0.3 is 8.92 Å². The Kier molecular flexibility index (Phi) is 6.05. The Labute approximate surface area is 166 Å². The Bertz CT molecular complexity index is 1030. The van der Waals surface area contributed by atoms with Crippen LogP contribution in [0.3, 0.4) is 0 Å². The van der Waals surface area contributed by atoms with Gasteiger partial charge in [-0.3, -0.25) is 14.9 Å². The zero-order valence-electron chi connectivity index (χ0n) is 14.9. The van der Waals surface area contributed by atoms with Crippen LogP contribution in [0.1, 0.15) is 11.1 Å². The number of rotatable bonds is 7. The molecule has 1 aliphatic heterocycles. The summed E-state index contributed by atoms with van der Waals surface area (Å²) in [6.45, 7) is 0.331. The van der Waals surface area contributed by atoms with E-state index in [4.69, 9.17) is 8.92 Å². The number of thioether (sulfide) groups is 1. The average Bonchev–Trinajstić information content (AvgIpc) is 2.94. The van der Waals surface area contributed by atoms with E-state index < -0.39 is 16.0 Å². The normalized spacial score (nSPS) is 15.5. The third-order valence-electron chi connectivity index (χ3n) is 3.67. The molecule has 0 bridgehead atoms. The van der Waals surface area contributed by atoms with E-state index in [0.29, 0.717) is 23.7 Å². The number of para-hydroxylation sites is 1. The lowest BCUT2D eigenvalue weighted by Gasteiger charge is -2.10. The first-order chi connectivity index (χ1) is 13.3. The second-order valence-corrected chi connectivity index (χ2v) is 8.50. The molecule has 2 amide bonds. The molecule has 0 saturated carbocycles. The van der Waals surface area contributed by atoms with Crippen LogP contribution in [0, 0.1) is 0 Å². The van der Waals surface area contributed by atoms with Crippen molar-refractivity contribution in [3.63, 3.8) is 0 Å². The molecule has 146 valence electrons. The van der Waals surface area contributed by atoms with Crippen LogP contribution in [-0.4, -0.2) is 32.4 Å². The minimum atomic E-state index is -3.60. The van der Waals surface area contributed by atoms with Crippen LogP contribution >= 0.6 is 11.8 Å². The van der Waals surface area contributed by atoms with Gasteiger partial charge in [-0.25, -0.2) is 0 Å². The molecule has 0 unspecified atom stereocenters. The summed E-state index contributed by atoms with van der Waals surface area (Å²) < 4.78 is 33.4. The van der Waals surface area contributed by atoms with E-state index in [-0.39, 0.29) is 11.0 Å². The zero-order chi connectivity index (χ0) is 20.1. The van der Waals surface area contributed by atoms with Gasteiger partial charge in [0, 0.05) is 6.42 Å². The number of ether oxygens (including phenoxy) is 1. The maximum Gasteiger partial charge on any atom is 0.306 e. The van der Waals surface area contributed by atoms with Crippen LogP contribution in [0.4, 0.5) is 4.79 Å². The molecule has 7 nitrogen and oxygen atoms in total. The minimum Gasteiger partial charge on any atom is -0.493 e. The van der Waals surface area contributed by atoms with Crippen molar-refractivity contribution in [2.24, 2.45) is 0 Å². The first kappa shape index (κ1) is 20.0. The summed E-state index contributed by atoms with van der Waals surface area (Å²) in [6, 6.07) is 13.9. The molecule has 1 fully saturated rings. The largest absolute Gasteiger partial charge is 0.493 e. The predicted octanol–water partition coefficient (Wildman–Crippen LogP) is 2.97. The molecule has 0 aromatic heterocycles. The highest BCUT2D eigenvalue weighted by Gasteiger charge is 2.24. The highest BCUT2D eigenvalue weighted by Crippen LogP contribution is 2.26. The van der Waals surface area contributed by atoms with Crippen molar-refractivity contribution in [3.05, 3.63) is 64.6 Å². The fourth-order valence-electron chi connectivity index (χ4n) is 2.47. The number of benzene rings is 2. The fourth-order valence-corrected chi connectivity index (χ4v) is 3.64. The molecule has 1 heterocycles. The van der Waals surface area contributed by atoms with Gasteiger partial charge in [-0.15, -0.1) is 0 Å². The Morgan fingerprint density at radius 3 is 2.43 bits per heavy atom. The number of carbonyl (C=O) groups excluding carboxylic acids is 2. The molecule has 3 rings (SSSR count). The van der Waals surface area contributed by atoms with Gasteiger partial charge >= 0.3 is 10.1 Å². The van der Waals surface area contributed by atoms with E-state index in [1.54, 1.807) is 54.6 Å². The van der Waals surface area contributed by atoms with Gasteiger partial charge in [-0.05, 0) is 47.2 Å². The SMILES string of the molecule is CS(=O)(=O)Oc1ccccc1CCOc1ccc(/C=C2\SC(=O)NC2=O)cc1. The Hall–Kier alpha value is -2.78. The first-order valence-electron chi connectivity index (χ1n) is 8.25. The molecule has 1 N–H and O–H groups in total. The highest BCUT2D eigenvalue weighted by molar-refractivity contribution is 8.18. The second-order valence-electron chi connectivity index (χ2n) is 5.91. The molecule has 0 radical (unpaired) electrons. The zero-order valence-corrected chi connectivity index (χ0v) is 16.5. The molecule has 2 aromatic carbocycles. The molecule has 9 heteroatoms. The van der Waals surface area contributed by atoms with Gasteiger partial charge in [-0.1, -0.05) is 30.3 Å². The molecule has 1 saturated heterocycles. The summed E-state index contributed by atoms with van der Waals surface area (Å²) in [5.74, 6) is 0.519. The summed E-state index contributed by atoms with van der Waals surface area (Å²) in [6.07, 6.45) is 3.10. The van der Waals surface area contributed by atoms with Crippen molar-refractivity contribution >= 4 is 39.1 Å². The number of imide groups is 1. The van der Waals surface area contributed by atoms with Crippen LogP contribution in [0.25, 0.3) is 6.08 Å². The summed E-state index contributed by atoms with van der Waals surface area (Å²) in [7, 11) is -3.60. The van der Waals surface area contributed by atoms with Gasteiger partial charge in [0.2, 0.25) is 0 Å². The van der Waals surface area contributed by atoms with Crippen molar-refractivity contribution in [3.8, 4) is 11.5 Å². The number of nitrogens with one attached hydrogen (secondary N) is 1. The van der Waals surface area contributed by atoms with E-state index >= 15 is 0 Å². The number of hydrogen-bond acceptors (Lipinski definition) is 7. The van der Waals surface area contributed by atoms with E-state index in [9.17, 15) is 18.0 Å². The van der Waals surface area contributed by atoms with E-state index in [1.807, 2.05) is 0 Å². The lowest BCUT2D eigenvalue weighted by molar-refractivity contribution is -0.115. The van der Waals surface area contributed by atoms with Gasteiger partial charge in [0.15, 0.2) is 0 Å². The standard InChI is InChI=1S/C19H17NO6S2/c1-28(23,24)26-16-5-3-2-4-14(16)10-11-25-15-8-6-13(7-9-15)12-17-18(21)20-19(22)27-17/h2-9,12H,10-11H2,1H3,(H,20,21,22)/b17-12-. The molecule has 0 spiro atoms. The summed E-state index contributed by atoms with van der Waals surface area (Å²) in [4.78, 5) is 23.1. The van der Waals surface area contributed by atoms with Crippen molar-refractivity contribution in [1.29, 1.82) is 0 Å². The molecule has 2 aromatic rings. The molecular formula is C19H17NO6S2. The van der Waals surface area contributed by atoms with E-state index in [2.05, 4.69) is 5.32 Å². The van der Waals surface area contributed by atoms with Crippen LogP contribution in [0.5, 0.6) is 11.5 Å². The van der Waals surface area contributed by atoms with Gasteiger partial charge in [0.25, 0.3) is 11.1 Å².